The quantitative estimate of drug-likeness (QED) is 0.884. The van der Waals surface area contributed by atoms with Crippen molar-refractivity contribution >= 4 is 15.9 Å². The zero-order valence-electron chi connectivity index (χ0n) is 8.59. The van der Waals surface area contributed by atoms with Gasteiger partial charge in [0.15, 0.2) is 11.5 Å². The molecule has 1 fully saturated rings. The molecule has 1 aliphatic carbocycles. The molecule has 0 aromatic heterocycles. The van der Waals surface area contributed by atoms with E-state index in [9.17, 15) is 5.11 Å². The van der Waals surface area contributed by atoms with Crippen LogP contribution in [0.5, 0.6) is 11.5 Å². The van der Waals surface area contributed by atoms with Gasteiger partial charge in [0.05, 0.1) is 7.11 Å². The summed E-state index contributed by atoms with van der Waals surface area (Å²) in [5.74, 6) is 0.686. The van der Waals surface area contributed by atoms with E-state index in [0.29, 0.717) is 11.8 Å². The Morgan fingerprint density at radius 3 is 2.87 bits per heavy atom. The maximum absolute atomic E-state index is 9.53. The summed E-state index contributed by atoms with van der Waals surface area (Å²) in [6, 6.07) is 4.20. The number of hydrogen-bond donors (Lipinski definition) is 2. The molecular formula is C11H14BrNO2. The van der Waals surface area contributed by atoms with Crippen molar-refractivity contribution in [3.8, 4) is 11.5 Å². The number of hydrogen-bond acceptors (Lipinski definition) is 3. The lowest BCUT2D eigenvalue weighted by Gasteiger charge is -2.09. The number of phenols is 1. The molecule has 1 aliphatic rings. The van der Waals surface area contributed by atoms with Crippen molar-refractivity contribution in [1.82, 2.24) is 5.32 Å². The predicted octanol–water partition coefficient (Wildman–Crippen LogP) is 2.42. The number of aromatic hydroxyl groups is 1. The molecule has 1 aromatic carbocycles. The van der Waals surface area contributed by atoms with Crippen LogP contribution in [-0.4, -0.2) is 18.3 Å². The van der Waals surface area contributed by atoms with E-state index in [1.165, 1.54) is 12.8 Å². The van der Waals surface area contributed by atoms with Crippen molar-refractivity contribution in [3.05, 3.63) is 22.2 Å². The van der Waals surface area contributed by atoms with Crippen LogP contribution in [0, 0.1) is 0 Å². The third kappa shape index (κ3) is 2.63. The van der Waals surface area contributed by atoms with Gasteiger partial charge in [0.25, 0.3) is 0 Å². The highest BCUT2D eigenvalue weighted by Crippen LogP contribution is 2.32. The van der Waals surface area contributed by atoms with Crippen molar-refractivity contribution in [2.45, 2.75) is 25.4 Å². The van der Waals surface area contributed by atoms with Gasteiger partial charge in [-0.1, -0.05) is 15.9 Å². The molecule has 0 atom stereocenters. The van der Waals surface area contributed by atoms with Gasteiger partial charge in [-0.05, 0) is 30.5 Å². The Hall–Kier alpha value is -0.740. The average Bonchev–Trinajstić information content (AvgIpc) is 3.00. The van der Waals surface area contributed by atoms with E-state index in [2.05, 4.69) is 21.2 Å². The Bertz CT molecular complexity index is 364. The zero-order chi connectivity index (χ0) is 10.8. The van der Waals surface area contributed by atoms with E-state index in [1.807, 2.05) is 6.07 Å². The number of rotatable bonds is 4. The fourth-order valence-electron chi connectivity index (χ4n) is 1.43. The minimum atomic E-state index is 0.166. The van der Waals surface area contributed by atoms with Crippen LogP contribution in [0.1, 0.15) is 18.4 Å². The molecule has 2 rings (SSSR count). The van der Waals surface area contributed by atoms with Gasteiger partial charge in [0.2, 0.25) is 0 Å². The van der Waals surface area contributed by atoms with Crippen molar-refractivity contribution in [3.63, 3.8) is 0 Å². The summed E-state index contributed by atoms with van der Waals surface area (Å²) in [6.07, 6.45) is 2.54. The van der Waals surface area contributed by atoms with Crippen LogP contribution in [-0.2, 0) is 6.54 Å². The summed E-state index contributed by atoms with van der Waals surface area (Å²) in [7, 11) is 1.56. The molecule has 0 saturated heterocycles. The molecule has 1 saturated carbocycles. The average molecular weight is 272 g/mol. The van der Waals surface area contributed by atoms with E-state index < -0.39 is 0 Å². The highest BCUT2D eigenvalue weighted by atomic mass is 79.9. The first-order valence-electron chi connectivity index (χ1n) is 4.99. The van der Waals surface area contributed by atoms with Gasteiger partial charge in [0.1, 0.15) is 0 Å². The van der Waals surface area contributed by atoms with Crippen molar-refractivity contribution in [1.29, 1.82) is 0 Å². The molecule has 0 unspecified atom stereocenters. The molecule has 2 N–H and O–H groups in total. The Morgan fingerprint density at radius 2 is 2.27 bits per heavy atom. The van der Waals surface area contributed by atoms with Crippen molar-refractivity contribution in [2.24, 2.45) is 0 Å². The fraction of sp³-hybridized carbons (Fsp3) is 0.455. The molecule has 4 heteroatoms. The SMILES string of the molecule is COc1cc(CNC2CC2)c(Br)cc1O. The number of nitrogens with one attached hydrogen (secondary N) is 1. The standard InChI is InChI=1S/C11H14BrNO2/c1-15-11-4-7(6-13-8-2-3-8)9(12)5-10(11)14/h4-5,8,13-14H,2-3,6H2,1H3. The first-order chi connectivity index (χ1) is 7.20. The third-order valence-corrected chi connectivity index (χ3v) is 3.24. The van der Waals surface area contributed by atoms with Crippen LogP contribution >= 0.6 is 15.9 Å². The van der Waals surface area contributed by atoms with Crippen LogP contribution in [0.15, 0.2) is 16.6 Å². The lowest BCUT2D eigenvalue weighted by molar-refractivity contribution is 0.372. The molecule has 0 aliphatic heterocycles. The number of ether oxygens (including phenoxy) is 1. The van der Waals surface area contributed by atoms with E-state index in [1.54, 1.807) is 13.2 Å². The largest absolute Gasteiger partial charge is 0.504 e. The minimum Gasteiger partial charge on any atom is -0.504 e. The smallest absolute Gasteiger partial charge is 0.160 e. The number of benzene rings is 1. The maximum atomic E-state index is 9.53. The highest BCUT2D eigenvalue weighted by molar-refractivity contribution is 9.10. The molecule has 82 valence electrons. The molecule has 0 bridgehead atoms. The monoisotopic (exact) mass is 271 g/mol. The summed E-state index contributed by atoms with van der Waals surface area (Å²) >= 11 is 3.43. The maximum Gasteiger partial charge on any atom is 0.160 e. The van der Waals surface area contributed by atoms with Gasteiger partial charge in [-0.15, -0.1) is 0 Å². The summed E-state index contributed by atoms with van der Waals surface area (Å²) in [4.78, 5) is 0. The predicted molar refractivity (Wildman–Crippen MR) is 62.2 cm³/mol. The van der Waals surface area contributed by atoms with E-state index >= 15 is 0 Å². The normalized spacial score (nSPS) is 15.3. The number of methoxy groups -OCH3 is 1. The van der Waals surface area contributed by atoms with Gasteiger partial charge >= 0.3 is 0 Å². The lowest BCUT2D eigenvalue weighted by atomic mass is 10.2. The fourth-order valence-corrected chi connectivity index (χ4v) is 1.90. The molecular weight excluding hydrogens is 258 g/mol. The van der Waals surface area contributed by atoms with Crippen LogP contribution in [0.25, 0.3) is 0 Å². The number of halogens is 1. The third-order valence-electron chi connectivity index (χ3n) is 2.51. The minimum absolute atomic E-state index is 0.166. The Kier molecular flexibility index (Phi) is 3.17. The molecule has 0 heterocycles. The summed E-state index contributed by atoms with van der Waals surface area (Å²) in [6.45, 7) is 0.807. The Balaban J connectivity index is 2.13. The summed E-state index contributed by atoms with van der Waals surface area (Å²) in [5.41, 5.74) is 1.11. The van der Waals surface area contributed by atoms with E-state index in [-0.39, 0.29) is 5.75 Å². The van der Waals surface area contributed by atoms with E-state index in [4.69, 9.17) is 4.74 Å². The Labute approximate surface area is 97.6 Å². The first kappa shape index (κ1) is 10.8. The van der Waals surface area contributed by atoms with Crippen molar-refractivity contribution in [2.75, 3.05) is 7.11 Å². The van der Waals surface area contributed by atoms with Gasteiger partial charge in [0, 0.05) is 17.1 Å². The van der Waals surface area contributed by atoms with Crippen molar-refractivity contribution < 1.29 is 9.84 Å². The van der Waals surface area contributed by atoms with Gasteiger partial charge in [-0.25, -0.2) is 0 Å². The van der Waals surface area contributed by atoms with E-state index in [0.717, 1.165) is 16.6 Å². The van der Waals surface area contributed by atoms with Gasteiger partial charge in [-0.2, -0.15) is 0 Å². The molecule has 1 aromatic rings. The second kappa shape index (κ2) is 4.41. The van der Waals surface area contributed by atoms with Gasteiger partial charge < -0.3 is 15.2 Å². The molecule has 0 amide bonds. The van der Waals surface area contributed by atoms with Crippen LogP contribution in [0.3, 0.4) is 0 Å². The zero-order valence-corrected chi connectivity index (χ0v) is 10.2. The van der Waals surface area contributed by atoms with Crippen LogP contribution < -0.4 is 10.1 Å². The molecule has 0 radical (unpaired) electrons. The molecule has 15 heavy (non-hydrogen) atoms. The number of phenolic OH excluding ortho intramolecular Hbond substituents is 1. The summed E-state index contributed by atoms with van der Waals surface area (Å²) < 4.78 is 5.98. The first-order valence-corrected chi connectivity index (χ1v) is 5.78. The molecule has 0 spiro atoms. The second-order valence-electron chi connectivity index (χ2n) is 3.77. The topological polar surface area (TPSA) is 41.5 Å². The summed E-state index contributed by atoms with van der Waals surface area (Å²) in [5, 5.41) is 12.9. The highest BCUT2D eigenvalue weighted by Gasteiger charge is 2.20. The Morgan fingerprint density at radius 1 is 1.53 bits per heavy atom. The lowest BCUT2D eigenvalue weighted by Crippen LogP contribution is -2.15. The van der Waals surface area contributed by atoms with Gasteiger partial charge in [-0.3, -0.25) is 0 Å². The second-order valence-corrected chi connectivity index (χ2v) is 4.62. The van der Waals surface area contributed by atoms with Crippen LogP contribution in [0.4, 0.5) is 0 Å². The molecule has 3 nitrogen and oxygen atoms in total. The van der Waals surface area contributed by atoms with Crippen LogP contribution in [0.2, 0.25) is 0 Å².